The fourth-order valence-corrected chi connectivity index (χ4v) is 2.54. The van der Waals surface area contributed by atoms with E-state index in [2.05, 4.69) is 17.6 Å². The summed E-state index contributed by atoms with van der Waals surface area (Å²) in [6.07, 6.45) is 11.8. The number of hydrogen-bond donors (Lipinski definition) is 2. The van der Waals surface area contributed by atoms with Crippen LogP contribution in [0.4, 0.5) is 0 Å². The Hall–Kier alpha value is -0.570. The van der Waals surface area contributed by atoms with Gasteiger partial charge in [0, 0.05) is 19.0 Å². The first kappa shape index (κ1) is 15.5. The van der Waals surface area contributed by atoms with Gasteiger partial charge in [-0.1, -0.05) is 39.0 Å². The second-order valence-corrected chi connectivity index (χ2v) is 5.45. The van der Waals surface area contributed by atoms with Crippen LogP contribution in [-0.2, 0) is 4.79 Å². The zero-order valence-electron chi connectivity index (χ0n) is 12.0. The van der Waals surface area contributed by atoms with E-state index in [1.165, 1.54) is 44.9 Å². The maximum absolute atomic E-state index is 11.6. The van der Waals surface area contributed by atoms with Crippen LogP contribution in [0.3, 0.4) is 0 Å². The molecular formula is C15H30N2O. The van der Waals surface area contributed by atoms with Gasteiger partial charge in [-0.3, -0.25) is 4.79 Å². The lowest BCUT2D eigenvalue weighted by Crippen LogP contribution is -2.30. The molecule has 1 amide bonds. The SMILES string of the molecule is CCCCCCCCC(=O)NCC[C@H]1CCCN1. The topological polar surface area (TPSA) is 41.1 Å². The smallest absolute Gasteiger partial charge is 0.219 e. The minimum atomic E-state index is 0.239. The van der Waals surface area contributed by atoms with Crippen LogP contribution in [0.15, 0.2) is 0 Å². The van der Waals surface area contributed by atoms with Crippen molar-refractivity contribution in [3.63, 3.8) is 0 Å². The molecule has 1 saturated heterocycles. The van der Waals surface area contributed by atoms with Crippen molar-refractivity contribution in [2.75, 3.05) is 13.1 Å². The lowest BCUT2D eigenvalue weighted by molar-refractivity contribution is -0.121. The summed E-state index contributed by atoms with van der Waals surface area (Å²) >= 11 is 0. The maximum atomic E-state index is 11.6. The third-order valence-electron chi connectivity index (χ3n) is 3.73. The molecule has 18 heavy (non-hydrogen) atoms. The van der Waals surface area contributed by atoms with Gasteiger partial charge in [0.25, 0.3) is 0 Å². The van der Waals surface area contributed by atoms with E-state index in [0.717, 1.165) is 25.9 Å². The average molecular weight is 254 g/mol. The maximum Gasteiger partial charge on any atom is 0.219 e. The molecule has 2 N–H and O–H groups in total. The lowest BCUT2D eigenvalue weighted by atomic mass is 10.1. The fourth-order valence-electron chi connectivity index (χ4n) is 2.54. The quantitative estimate of drug-likeness (QED) is 0.588. The number of rotatable bonds is 10. The molecule has 0 unspecified atom stereocenters. The highest BCUT2D eigenvalue weighted by atomic mass is 16.1. The molecule has 0 aliphatic carbocycles. The molecule has 0 aromatic heterocycles. The van der Waals surface area contributed by atoms with Crippen molar-refractivity contribution in [1.29, 1.82) is 0 Å². The zero-order valence-corrected chi connectivity index (χ0v) is 12.0. The van der Waals surface area contributed by atoms with Crippen molar-refractivity contribution in [1.82, 2.24) is 10.6 Å². The lowest BCUT2D eigenvalue weighted by Gasteiger charge is -2.10. The summed E-state index contributed by atoms with van der Waals surface area (Å²) in [6, 6.07) is 0.638. The molecule has 3 heteroatoms. The van der Waals surface area contributed by atoms with Crippen molar-refractivity contribution in [2.45, 2.75) is 77.2 Å². The van der Waals surface area contributed by atoms with E-state index in [1.54, 1.807) is 0 Å². The third kappa shape index (κ3) is 7.70. The van der Waals surface area contributed by atoms with Crippen molar-refractivity contribution in [2.24, 2.45) is 0 Å². The van der Waals surface area contributed by atoms with Gasteiger partial charge >= 0.3 is 0 Å². The van der Waals surface area contributed by atoms with E-state index >= 15 is 0 Å². The summed E-state index contributed by atoms with van der Waals surface area (Å²) in [4.78, 5) is 11.6. The first-order valence-corrected chi connectivity index (χ1v) is 7.83. The van der Waals surface area contributed by atoms with Crippen LogP contribution in [0.5, 0.6) is 0 Å². The second-order valence-electron chi connectivity index (χ2n) is 5.45. The highest BCUT2D eigenvalue weighted by Gasteiger charge is 2.13. The van der Waals surface area contributed by atoms with Crippen molar-refractivity contribution in [3.8, 4) is 0 Å². The van der Waals surface area contributed by atoms with Gasteiger partial charge < -0.3 is 10.6 Å². The summed E-state index contributed by atoms with van der Waals surface area (Å²) in [7, 11) is 0. The van der Waals surface area contributed by atoms with Crippen LogP contribution >= 0.6 is 0 Å². The Morgan fingerprint density at radius 1 is 1.22 bits per heavy atom. The second kappa shape index (κ2) is 10.4. The Balaban J connectivity index is 1.84. The molecule has 1 aliphatic heterocycles. The molecule has 0 bridgehead atoms. The number of nitrogens with one attached hydrogen (secondary N) is 2. The molecule has 1 atom stereocenters. The normalized spacial score (nSPS) is 19.1. The van der Waals surface area contributed by atoms with Gasteiger partial charge in [-0.15, -0.1) is 0 Å². The number of hydrogen-bond acceptors (Lipinski definition) is 2. The first-order chi connectivity index (χ1) is 8.83. The predicted molar refractivity (Wildman–Crippen MR) is 76.6 cm³/mol. The summed E-state index contributed by atoms with van der Waals surface area (Å²) < 4.78 is 0. The minimum absolute atomic E-state index is 0.239. The molecule has 0 aromatic rings. The van der Waals surface area contributed by atoms with E-state index in [-0.39, 0.29) is 5.91 Å². The molecule has 0 spiro atoms. The number of carbonyl (C=O) groups is 1. The molecule has 0 saturated carbocycles. The molecule has 106 valence electrons. The molecular weight excluding hydrogens is 224 g/mol. The van der Waals surface area contributed by atoms with E-state index in [0.29, 0.717) is 12.5 Å². The highest BCUT2D eigenvalue weighted by Crippen LogP contribution is 2.08. The van der Waals surface area contributed by atoms with Gasteiger partial charge in [0.2, 0.25) is 5.91 Å². The summed E-state index contributed by atoms with van der Waals surface area (Å²) in [6.45, 7) is 4.22. The van der Waals surface area contributed by atoms with Crippen LogP contribution in [0, 0.1) is 0 Å². The van der Waals surface area contributed by atoms with E-state index in [4.69, 9.17) is 0 Å². The first-order valence-electron chi connectivity index (χ1n) is 7.83. The van der Waals surface area contributed by atoms with Gasteiger partial charge in [0.1, 0.15) is 0 Å². The van der Waals surface area contributed by atoms with Gasteiger partial charge in [0.05, 0.1) is 0 Å². The van der Waals surface area contributed by atoms with Gasteiger partial charge in [-0.25, -0.2) is 0 Å². The Bertz CT molecular complexity index is 213. The molecule has 3 nitrogen and oxygen atoms in total. The molecule has 0 aromatic carbocycles. The van der Waals surface area contributed by atoms with Crippen LogP contribution in [-0.4, -0.2) is 25.0 Å². The highest BCUT2D eigenvalue weighted by molar-refractivity contribution is 5.75. The number of amides is 1. The van der Waals surface area contributed by atoms with Gasteiger partial charge in [-0.05, 0) is 32.2 Å². The number of carbonyl (C=O) groups excluding carboxylic acids is 1. The third-order valence-corrected chi connectivity index (χ3v) is 3.73. The van der Waals surface area contributed by atoms with Crippen LogP contribution in [0.2, 0.25) is 0 Å². The standard InChI is InChI=1S/C15H30N2O/c1-2-3-4-5-6-7-10-15(18)17-13-11-14-9-8-12-16-14/h14,16H,2-13H2,1H3,(H,17,18)/t14-/m1/s1. The molecule has 1 rings (SSSR count). The molecule has 1 fully saturated rings. The van der Waals surface area contributed by atoms with Crippen LogP contribution < -0.4 is 10.6 Å². The molecule has 1 aliphatic rings. The van der Waals surface area contributed by atoms with Crippen LogP contribution in [0.1, 0.15) is 71.1 Å². The Morgan fingerprint density at radius 2 is 2.00 bits per heavy atom. The summed E-state index contributed by atoms with van der Waals surface area (Å²) in [5.74, 6) is 0.239. The summed E-state index contributed by atoms with van der Waals surface area (Å²) in [5, 5.41) is 6.48. The Labute approximate surface area is 112 Å². The largest absolute Gasteiger partial charge is 0.356 e. The minimum Gasteiger partial charge on any atom is -0.356 e. The number of unbranched alkanes of at least 4 members (excludes halogenated alkanes) is 5. The van der Waals surface area contributed by atoms with E-state index in [1.807, 2.05) is 0 Å². The van der Waals surface area contributed by atoms with Gasteiger partial charge in [-0.2, -0.15) is 0 Å². The average Bonchev–Trinajstić information content (AvgIpc) is 2.87. The van der Waals surface area contributed by atoms with Crippen molar-refractivity contribution < 1.29 is 4.79 Å². The molecule has 0 radical (unpaired) electrons. The van der Waals surface area contributed by atoms with E-state index < -0.39 is 0 Å². The zero-order chi connectivity index (χ0) is 13.1. The molecule has 1 heterocycles. The Morgan fingerprint density at radius 3 is 2.72 bits per heavy atom. The monoisotopic (exact) mass is 254 g/mol. The van der Waals surface area contributed by atoms with Gasteiger partial charge in [0.15, 0.2) is 0 Å². The van der Waals surface area contributed by atoms with E-state index in [9.17, 15) is 4.79 Å². The Kier molecular flexibility index (Phi) is 8.92. The van der Waals surface area contributed by atoms with Crippen molar-refractivity contribution >= 4 is 5.91 Å². The summed E-state index contributed by atoms with van der Waals surface area (Å²) in [5.41, 5.74) is 0. The predicted octanol–water partition coefficient (Wildman–Crippen LogP) is 3.00. The fraction of sp³-hybridized carbons (Fsp3) is 0.933. The van der Waals surface area contributed by atoms with Crippen molar-refractivity contribution in [3.05, 3.63) is 0 Å². The van der Waals surface area contributed by atoms with Crippen LogP contribution in [0.25, 0.3) is 0 Å².